The summed E-state index contributed by atoms with van der Waals surface area (Å²) in [5.74, 6) is 1.49. The topological polar surface area (TPSA) is 30.5 Å². The van der Waals surface area contributed by atoms with E-state index in [1.807, 2.05) is 0 Å². The Hall–Kier alpha value is -1.06. The minimum absolute atomic E-state index is 0.180. The molecule has 0 aromatic heterocycles. The maximum Gasteiger partial charge on any atom is 0.128 e. The second-order valence-electron chi connectivity index (χ2n) is 6.31. The van der Waals surface area contributed by atoms with Gasteiger partial charge in [-0.05, 0) is 37.8 Å². The summed E-state index contributed by atoms with van der Waals surface area (Å²) in [6, 6.07) is 4.55. The van der Waals surface area contributed by atoms with Crippen LogP contribution in [0.1, 0.15) is 62.8 Å². The van der Waals surface area contributed by atoms with Gasteiger partial charge in [-0.3, -0.25) is 0 Å². The number of hydroxylamine groups is 1. The van der Waals surface area contributed by atoms with E-state index in [4.69, 9.17) is 9.57 Å². The average Bonchev–Trinajstić information content (AvgIpc) is 2.26. The van der Waals surface area contributed by atoms with E-state index in [9.17, 15) is 0 Å². The highest BCUT2D eigenvalue weighted by atomic mass is 16.6. The predicted octanol–water partition coefficient (Wildman–Crippen LogP) is 3.87. The van der Waals surface area contributed by atoms with Crippen molar-refractivity contribution in [1.82, 2.24) is 5.48 Å². The lowest BCUT2D eigenvalue weighted by atomic mass is 9.84. The van der Waals surface area contributed by atoms with Gasteiger partial charge >= 0.3 is 0 Å². The van der Waals surface area contributed by atoms with Gasteiger partial charge in [-0.25, -0.2) is 0 Å². The monoisotopic (exact) mass is 263 g/mol. The fraction of sp³-hybridized carbons (Fsp3) is 0.625. The normalized spacial score (nSPS) is 21.1. The van der Waals surface area contributed by atoms with Crippen LogP contribution in [0.15, 0.2) is 12.1 Å². The molecule has 2 rings (SSSR count). The molecule has 3 heteroatoms. The van der Waals surface area contributed by atoms with E-state index >= 15 is 0 Å². The van der Waals surface area contributed by atoms with E-state index in [0.29, 0.717) is 5.92 Å². The van der Waals surface area contributed by atoms with Gasteiger partial charge in [0.15, 0.2) is 0 Å². The van der Waals surface area contributed by atoms with Crippen LogP contribution >= 0.6 is 0 Å². The van der Waals surface area contributed by atoms with Crippen molar-refractivity contribution in [2.45, 2.75) is 58.6 Å². The molecule has 0 radical (unpaired) electrons. The third-order valence-electron chi connectivity index (χ3n) is 3.75. The first-order chi connectivity index (χ1) is 8.85. The van der Waals surface area contributed by atoms with Crippen molar-refractivity contribution in [3.05, 3.63) is 28.8 Å². The number of aryl methyl sites for hydroxylation is 1. The van der Waals surface area contributed by atoms with Crippen molar-refractivity contribution >= 4 is 0 Å². The summed E-state index contributed by atoms with van der Waals surface area (Å²) in [4.78, 5) is 5.18. The highest BCUT2D eigenvalue weighted by Crippen LogP contribution is 2.45. The molecular weight excluding hydrogens is 238 g/mol. The molecule has 1 unspecified atom stereocenters. The van der Waals surface area contributed by atoms with Gasteiger partial charge < -0.3 is 9.57 Å². The lowest BCUT2D eigenvalue weighted by Crippen LogP contribution is -2.40. The van der Waals surface area contributed by atoms with Crippen LogP contribution in [0.5, 0.6) is 5.75 Å². The molecule has 1 aromatic rings. The summed E-state index contributed by atoms with van der Waals surface area (Å²) in [6.45, 7) is 10.8. The van der Waals surface area contributed by atoms with Gasteiger partial charge in [-0.15, -0.1) is 0 Å². The van der Waals surface area contributed by atoms with Gasteiger partial charge in [0.1, 0.15) is 11.4 Å². The number of ether oxygens (including phenoxy) is 1. The number of nitrogens with one attached hydrogen (secondary N) is 1. The van der Waals surface area contributed by atoms with Gasteiger partial charge in [-0.2, -0.15) is 5.48 Å². The summed E-state index contributed by atoms with van der Waals surface area (Å²) >= 11 is 0. The molecule has 1 aliphatic heterocycles. The minimum atomic E-state index is -0.180. The van der Waals surface area contributed by atoms with Crippen molar-refractivity contribution in [1.29, 1.82) is 0 Å². The molecule has 0 amide bonds. The van der Waals surface area contributed by atoms with Crippen molar-refractivity contribution in [3.8, 4) is 5.75 Å². The van der Waals surface area contributed by atoms with Crippen molar-refractivity contribution < 1.29 is 9.57 Å². The number of fused-ring (bicyclic) bond motifs is 1. The van der Waals surface area contributed by atoms with Crippen LogP contribution in [0.3, 0.4) is 0 Å². The van der Waals surface area contributed by atoms with Crippen LogP contribution in [-0.4, -0.2) is 12.7 Å². The molecule has 0 bridgehead atoms. The zero-order valence-electron chi connectivity index (χ0n) is 12.8. The first-order valence-corrected chi connectivity index (χ1v) is 6.96. The molecule has 1 heterocycles. The smallest absolute Gasteiger partial charge is 0.128 e. The molecule has 0 fully saturated rings. The Morgan fingerprint density at radius 2 is 2.05 bits per heavy atom. The quantitative estimate of drug-likeness (QED) is 0.840. The van der Waals surface area contributed by atoms with Crippen LogP contribution in [0.2, 0.25) is 0 Å². The van der Waals surface area contributed by atoms with Gasteiger partial charge in [0.2, 0.25) is 0 Å². The van der Waals surface area contributed by atoms with Gasteiger partial charge in [-0.1, -0.05) is 26.0 Å². The summed E-state index contributed by atoms with van der Waals surface area (Å²) in [5, 5.41) is 0. The van der Waals surface area contributed by atoms with Crippen molar-refractivity contribution in [2.24, 2.45) is 0 Å². The largest absolute Gasteiger partial charge is 0.487 e. The summed E-state index contributed by atoms with van der Waals surface area (Å²) in [5.41, 5.74) is 6.71. The molecule has 0 spiro atoms. The van der Waals surface area contributed by atoms with Crippen LogP contribution in [0.4, 0.5) is 0 Å². The molecule has 106 valence electrons. The van der Waals surface area contributed by atoms with Crippen LogP contribution < -0.4 is 10.2 Å². The molecule has 1 atom stereocenters. The Bertz CT molecular complexity index is 466. The van der Waals surface area contributed by atoms with Crippen molar-refractivity contribution in [2.75, 3.05) is 7.11 Å². The van der Waals surface area contributed by atoms with E-state index in [1.165, 1.54) is 16.7 Å². The second-order valence-corrected chi connectivity index (χ2v) is 6.31. The standard InChI is InChI=1S/C16H25NO2/c1-10(2)12-8-7-11(3)14-13(17-18-6)9-16(4,5)19-15(12)14/h7-8,10,13,17H,9H2,1-6H3. The van der Waals surface area contributed by atoms with E-state index in [2.05, 4.69) is 52.2 Å². The zero-order chi connectivity index (χ0) is 14.2. The van der Waals surface area contributed by atoms with Crippen molar-refractivity contribution in [3.63, 3.8) is 0 Å². The third kappa shape index (κ3) is 2.77. The number of rotatable bonds is 3. The Morgan fingerprint density at radius 3 is 2.63 bits per heavy atom. The Kier molecular flexibility index (Phi) is 3.88. The van der Waals surface area contributed by atoms with E-state index in [-0.39, 0.29) is 11.6 Å². The Morgan fingerprint density at radius 1 is 1.37 bits per heavy atom. The minimum Gasteiger partial charge on any atom is -0.487 e. The average molecular weight is 263 g/mol. The fourth-order valence-corrected chi connectivity index (χ4v) is 2.87. The Balaban J connectivity index is 2.57. The predicted molar refractivity (Wildman–Crippen MR) is 77.5 cm³/mol. The van der Waals surface area contributed by atoms with E-state index < -0.39 is 0 Å². The molecular formula is C16H25NO2. The molecule has 0 saturated heterocycles. The van der Waals surface area contributed by atoms with E-state index in [0.717, 1.165) is 12.2 Å². The van der Waals surface area contributed by atoms with Crippen LogP contribution in [0.25, 0.3) is 0 Å². The summed E-state index contributed by atoms with van der Waals surface area (Å²) in [6.07, 6.45) is 0.899. The molecule has 3 nitrogen and oxygen atoms in total. The molecule has 1 N–H and O–H groups in total. The molecule has 1 aliphatic rings. The lowest BCUT2D eigenvalue weighted by Gasteiger charge is -2.39. The first kappa shape index (κ1) is 14.4. The highest BCUT2D eigenvalue weighted by Gasteiger charge is 2.36. The van der Waals surface area contributed by atoms with Gasteiger partial charge in [0.25, 0.3) is 0 Å². The lowest BCUT2D eigenvalue weighted by molar-refractivity contribution is 0.00202. The summed E-state index contributed by atoms with van der Waals surface area (Å²) < 4.78 is 6.27. The fourth-order valence-electron chi connectivity index (χ4n) is 2.87. The van der Waals surface area contributed by atoms with Gasteiger partial charge in [0, 0.05) is 12.0 Å². The molecule has 19 heavy (non-hydrogen) atoms. The van der Waals surface area contributed by atoms with E-state index in [1.54, 1.807) is 7.11 Å². The molecule has 1 aromatic carbocycles. The maximum atomic E-state index is 6.27. The highest BCUT2D eigenvalue weighted by molar-refractivity contribution is 5.50. The zero-order valence-corrected chi connectivity index (χ0v) is 12.8. The molecule has 0 saturated carbocycles. The number of hydrogen-bond acceptors (Lipinski definition) is 3. The maximum absolute atomic E-state index is 6.27. The number of hydrogen-bond donors (Lipinski definition) is 1. The second kappa shape index (κ2) is 5.14. The van der Waals surface area contributed by atoms with Crippen LogP contribution in [0, 0.1) is 6.92 Å². The number of benzene rings is 1. The first-order valence-electron chi connectivity index (χ1n) is 6.96. The summed E-state index contributed by atoms with van der Waals surface area (Å²) in [7, 11) is 1.67. The van der Waals surface area contributed by atoms with Crippen LogP contribution in [-0.2, 0) is 4.84 Å². The van der Waals surface area contributed by atoms with Gasteiger partial charge in [0.05, 0.1) is 13.2 Å². The molecule has 0 aliphatic carbocycles. The Labute approximate surface area is 116 Å². The third-order valence-corrected chi connectivity index (χ3v) is 3.75. The SMILES string of the molecule is CONC1CC(C)(C)Oc2c(C(C)C)ccc(C)c21.